The fourth-order valence-electron chi connectivity index (χ4n) is 3.75. The number of hydrogen-bond acceptors (Lipinski definition) is 5. The highest BCUT2D eigenvalue weighted by Crippen LogP contribution is 2.41. The van der Waals surface area contributed by atoms with Crippen molar-refractivity contribution in [2.24, 2.45) is 5.41 Å². The van der Waals surface area contributed by atoms with Crippen LogP contribution >= 0.6 is 0 Å². The predicted octanol–water partition coefficient (Wildman–Crippen LogP) is 1.49. The zero-order valence-electron chi connectivity index (χ0n) is 13.4. The van der Waals surface area contributed by atoms with E-state index in [2.05, 4.69) is 17.2 Å². The van der Waals surface area contributed by atoms with Crippen LogP contribution in [-0.4, -0.2) is 48.1 Å². The summed E-state index contributed by atoms with van der Waals surface area (Å²) in [5.41, 5.74) is 0.319. The second-order valence-corrected chi connectivity index (χ2v) is 6.68. The molecule has 6 nitrogen and oxygen atoms in total. The molecule has 0 saturated carbocycles. The van der Waals surface area contributed by atoms with Gasteiger partial charge in [0.15, 0.2) is 0 Å². The van der Waals surface area contributed by atoms with Crippen LogP contribution in [0, 0.1) is 12.3 Å². The summed E-state index contributed by atoms with van der Waals surface area (Å²) >= 11 is 0. The number of nitrogens with zero attached hydrogens (tertiary/aromatic N) is 2. The number of rotatable bonds is 4. The van der Waals surface area contributed by atoms with Crippen molar-refractivity contribution in [1.29, 1.82) is 0 Å². The lowest BCUT2D eigenvalue weighted by Crippen LogP contribution is -2.41. The Labute approximate surface area is 131 Å². The quantitative estimate of drug-likeness (QED) is 0.913. The molecule has 2 saturated heterocycles. The topological polar surface area (TPSA) is 67.6 Å². The van der Waals surface area contributed by atoms with Crippen LogP contribution < -0.4 is 5.32 Å². The van der Waals surface area contributed by atoms with Gasteiger partial charge < -0.3 is 19.4 Å². The molecule has 1 spiro atoms. The number of aromatic nitrogens is 1. The van der Waals surface area contributed by atoms with Gasteiger partial charge in [0.25, 0.3) is 0 Å². The van der Waals surface area contributed by atoms with Gasteiger partial charge in [0.05, 0.1) is 6.20 Å². The van der Waals surface area contributed by atoms with Gasteiger partial charge >= 0.3 is 0 Å². The molecule has 6 heteroatoms. The third-order valence-corrected chi connectivity index (χ3v) is 4.87. The summed E-state index contributed by atoms with van der Waals surface area (Å²) in [5.74, 6) is 1.35. The maximum Gasteiger partial charge on any atom is 0.248 e. The first-order chi connectivity index (χ1) is 10.6. The van der Waals surface area contributed by atoms with Gasteiger partial charge in [-0.3, -0.25) is 4.79 Å². The number of oxazole rings is 1. The van der Waals surface area contributed by atoms with Crippen molar-refractivity contribution in [3.05, 3.63) is 17.8 Å². The van der Waals surface area contributed by atoms with Crippen molar-refractivity contribution < 1.29 is 13.9 Å². The minimum absolute atomic E-state index is 0.0752. The molecule has 3 rings (SSSR count). The van der Waals surface area contributed by atoms with Crippen LogP contribution in [0.25, 0.3) is 0 Å². The Morgan fingerprint density at radius 3 is 3.00 bits per heavy atom. The molecule has 22 heavy (non-hydrogen) atoms. The molecule has 1 unspecified atom stereocenters. The number of ether oxygens (including phenoxy) is 1. The van der Waals surface area contributed by atoms with Crippen LogP contribution in [0.15, 0.2) is 10.6 Å². The van der Waals surface area contributed by atoms with E-state index in [4.69, 9.17) is 9.15 Å². The van der Waals surface area contributed by atoms with Gasteiger partial charge in [-0.1, -0.05) is 0 Å². The fourth-order valence-corrected chi connectivity index (χ4v) is 3.75. The Bertz CT molecular complexity index is 522. The van der Waals surface area contributed by atoms with E-state index in [-0.39, 0.29) is 19.1 Å². The maximum absolute atomic E-state index is 12.4. The third kappa shape index (κ3) is 3.33. The second kappa shape index (κ2) is 6.38. The highest BCUT2D eigenvalue weighted by molar-refractivity contribution is 5.78. The summed E-state index contributed by atoms with van der Waals surface area (Å²) in [6.45, 7) is 7.33. The summed E-state index contributed by atoms with van der Waals surface area (Å²) in [6.07, 6.45) is 5.10. The van der Waals surface area contributed by atoms with E-state index in [0.29, 0.717) is 17.3 Å². The van der Waals surface area contributed by atoms with Crippen molar-refractivity contribution >= 4 is 5.91 Å². The normalized spacial score (nSPS) is 24.1. The van der Waals surface area contributed by atoms with Gasteiger partial charge in [0.2, 0.25) is 11.8 Å². The lowest BCUT2D eigenvalue weighted by Gasteiger charge is -2.33. The maximum atomic E-state index is 12.4. The highest BCUT2D eigenvalue weighted by atomic mass is 16.5. The number of amides is 1. The van der Waals surface area contributed by atoms with Gasteiger partial charge in [0.1, 0.15) is 19.0 Å². The van der Waals surface area contributed by atoms with E-state index in [1.165, 1.54) is 0 Å². The fraction of sp³-hybridized carbons (Fsp3) is 0.750. The Kier molecular flexibility index (Phi) is 4.49. The molecule has 0 aromatic carbocycles. The number of carbonyl (C=O) groups excluding carboxylic acids is 1. The van der Waals surface area contributed by atoms with Crippen LogP contribution in [0.3, 0.4) is 0 Å². The molecule has 3 heterocycles. The SMILES string of the molecule is Cc1cnc(COCC(=O)N2CC3(CCNCC3)CC2C)o1. The minimum atomic E-state index is 0.0752. The van der Waals surface area contributed by atoms with E-state index in [1.54, 1.807) is 6.20 Å². The Morgan fingerprint density at radius 1 is 1.55 bits per heavy atom. The summed E-state index contributed by atoms with van der Waals surface area (Å²) in [7, 11) is 0. The van der Waals surface area contributed by atoms with Gasteiger partial charge in [-0.15, -0.1) is 0 Å². The van der Waals surface area contributed by atoms with Crippen molar-refractivity contribution in [3.63, 3.8) is 0 Å². The summed E-state index contributed by atoms with van der Waals surface area (Å²) in [6, 6.07) is 0.304. The monoisotopic (exact) mass is 307 g/mol. The molecular formula is C16H25N3O3. The van der Waals surface area contributed by atoms with E-state index in [0.717, 1.165) is 44.7 Å². The van der Waals surface area contributed by atoms with Gasteiger partial charge in [-0.25, -0.2) is 4.98 Å². The van der Waals surface area contributed by atoms with Crippen LogP contribution in [-0.2, 0) is 16.1 Å². The number of nitrogens with one attached hydrogen (secondary N) is 1. The van der Waals surface area contributed by atoms with E-state index in [1.807, 2.05) is 11.8 Å². The Morgan fingerprint density at radius 2 is 2.32 bits per heavy atom. The molecule has 122 valence electrons. The van der Waals surface area contributed by atoms with Crippen molar-refractivity contribution in [2.45, 2.75) is 45.8 Å². The number of carbonyl (C=O) groups is 1. The van der Waals surface area contributed by atoms with E-state index in [9.17, 15) is 4.79 Å². The number of likely N-dealkylation sites (tertiary alicyclic amines) is 1. The summed E-state index contributed by atoms with van der Waals surface area (Å²) < 4.78 is 10.8. The van der Waals surface area contributed by atoms with Crippen LogP contribution in [0.5, 0.6) is 0 Å². The minimum Gasteiger partial charge on any atom is -0.443 e. The van der Waals surface area contributed by atoms with Gasteiger partial charge in [0, 0.05) is 12.6 Å². The average molecular weight is 307 g/mol. The zero-order valence-corrected chi connectivity index (χ0v) is 13.4. The molecule has 0 radical (unpaired) electrons. The first-order valence-electron chi connectivity index (χ1n) is 8.07. The van der Waals surface area contributed by atoms with Crippen LogP contribution in [0.2, 0.25) is 0 Å². The summed E-state index contributed by atoms with van der Waals surface area (Å²) in [5, 5.41) is 3.40. The van der Waals surface area contributed by atoms with Gasteiger partial charge in [-0.2, -0.15) is 0 Å². The first-order valence-corrected chi connectivity index (χ1v) is 8.07. The van der Waals surface area contributed by atoms with Gasteiger partial charge in [-0.05, 0) is 51.6 Å². The van der Waals surface area contributed by atoms with Crippen molar-refractivity contribution in [2.75, 3.05) is 26.2 Å². The lowest BCUT2D eigenvalue weighted by molar-refractivity contribution is -0.137. The van der Waals surface area contributed by atoms with Crippen molar-refractivity contribution in [1.82, 2.24) is 15.2 Å². The predicted molar refractivity (Wildman–Crippen MR) is 81.2 cm³/mol. The van der Waals surface area contributed by atoms with E-state index >= 15 is 0 Å². The van der Waals surface area contributed by atoms with Crippen LogP contribution in [0.1, 0.15) is 37.8 Å². The highest BCUT2D eigenvalue weighted by Gasteiger charge is 2.44. The largest absolute Gasteiger partial charge is 0.443 e. The molecule has 1 N–H and O–H groups in total. The molecule has 0 bridgehead atoms. The molecule has 2 fully saturated rings. The first kappa shape index (κ1) is 15.5. The van der Waals surface area contributed by atoms with Crippen LogP contribution in [0.4, 0.5) is 0 Å². The van der Waals surface area contributed by atoms with Crippen molar-refractivity contribution in [3.8, 4) is 0 Å². The third-order valence-electron chi connectivity index (χ3n) is 4.87. The average Bonchev–Trinajstić information content (AvgIpc) is 3.04. The standard InChI is InChI=1S/C16H25N3O3/c1-12-7-16(3-5-17-6-4-16)11-19(12)15(20)10-21-9-14-18-8-13(2)22-14/h8,12,17H,3-7,9-11H2,1-2H3. The molecule has 1 amide bonds. The zero-order chi connectivity index (χ0) is 15.6. The second-order valence-electron chi connectivity index (χ2n) is 6.68. The molecule has 1 atom stereocenters. The molecule has 1 aromatic heterocycles. The number of piperidine rings is 1. The Hall–Kier alpha value is -1.40. The number of aryl methyl sites for hydroxylation is 1. The molecule has 2 aliphatic rings. The smallest absolute Gasteiger partial charge is 0.248 e. The lowest BCUT2D eigenvalue weighted by atomic mass is 9.77. The number of hydrogen-bond donors (Lipinski definition) is 1. The molecular weight excluding hydrogens is 282 g/mol. The molecule has 1 aromatic rings. The summed E-state index contributed by atoms with van der Waals surface area (Å²) in [4.78, 5) is 18.5. The molecule has 2 aliphatic heterocycles. The Balaban J connectivity index is 1.49. The molecule has 0 aliphatic carbocycles. The van der Waals surface area contributed by atoms with E-state index < -0.39 is 0 Å².